The molecule has 4 fully saturated rings. The summed E-state index contributed by atoms with van der Waals surface area (Å²) in [5.41, 5.74) is 0.399. The van der Waals surface area contributed by atoms with E-state index in [1.807, 2.05) is 0 Å². The van der Waals surface area contributed by atoms with Gasteiger partial charge in [-0.2, -0.15) is 0 Å². The van der Waals surface area contributed by atoms with Gasteiger partial charge in [-0.15, -0.1) is 0 Å². The third kappa shape index (κ3) is 6.24. The first-order valence-electron chi connectivity index (χ1n) is 13.4. The number of fused-ring (bicyclic) bond motifs is 5. The Kier molecular flexibility index (Phi) is 10.1. The van der Waals surface area contributed by atoms with Crippen LogP contribution in [0.3, 0.4) is 0 Å². The Morgan fingerprint density at radius 1 is 1.06 bits per heavy atom. The summed E-state index contributed by atoms with van der Waals surface area (Å²) in [4.78, 5) is 12.2. The van der Waals surface area contributed by atoms with Crippen LogP contribution < -0.4 is 56.7 Å². The van der Waals surface area contributed by atoms with Crippen LogP contribution >= 0.6 is 0 Å². The minimum atomic E-state index is -4.31. The Morgan fingerprint density at radius 2 is 1.71 bits per heavy atom. The number of carbonyl (C=O) groups is 1. The van der Waals surface area contributed by atoms with Crippen LogP contribution in [0.5, 0.6) is 0 Å². The number of rotatable bonds is 7. The predicted octanol–water partition coefficient (Wildman–Crippen LogP) is 0.0587. The summed E-state index contributed by atoms with van der Waals surface area (Å²) < 4.78 is 32.2. The van der Waals surface area contributed by atoms with Crippen LogP contribution in [-0.2, 0) is 14.9 Å². The van der Waals surface area contributed by atoms with E-state index in [1.54, 1.807) is 0 Å². The van der Waals surface area contributed by atoms with Crippen LogP contribution in [0.2, 0.25) is 0 Å². The van der Waals surface area contributed by atoms with E-state index < -0.39 is 15.9 Å². The molecule has 4 aliphatic rings. The zero-order valence-electron chi connectivity index (χ0n) is 22.0. The first-order chi connectivity index (χ1) is 15.8. The molecule has 7 nitrogen and oxygen atoms in total. The van der Waals surface area contributed by atoms with Crippen LogP contribution in [0, 0.1) is 46.3 Å². The molecule has 4 rings (SSSR count). The summed E-state index contributed by atoms with van der Waals surface area (Å²) in [5, 5.41) is 24.2. The molecule has 0 heterocycles. The van der Waals surface area contributed by atoms with Gasteiger partial charge in [0.2, 0.25) is 5.91 Å². The molecule has 0 aromatic heterocycles. The number of amides is 1. The van der Waals surface area contributed by atoms with Gasteiger partial charge in [-0.3, -0.25) is 4.79 Å². The van der Waals surface area contributed by atoms with Crippen molar-refractivity contribution in [1.82, 2.24) is 5.32 Å². The van der Waals surface area contributed by atoms with Crippen molar-refractivity contribution in [1.29, 1.82) is 0 Å². The minimum absolute atomic E-state index is 0. The fourth-order valence-corrected chi connectivity index (χ4v) is 9.49. The number of carbonyl (C=O) groups excluding carboxylic acids is 1. The summed E-state index contributed by atoms with van der Waals surface area (Å²) in [7, 11) is -4.31. The number of aliphatic hydroxyl groups is 2. The van der Waals surface area contributed by atoms with Gasteiger partial charge in [0.1, 0.15) is 0 Å². The molecule has 0 aromatic rings. The van der Waals surface area contributed by atoms with Crippen molar-refractivity contribution in [2.45, 2.75) is 97.2 Å². The minimum Gasteiger partial charge on any atom is -0.748 e. The molecular weight excluding hydrogens is 493 g/mol. The molecule has 0 aromatic carbocycles. The molecule has 0 radical (unpaired) electrons. The second-order valence-corrected chi connectivity index (χ2v) is 14.1. The molecule has 10 atom stereocenters. The molecule has 196 valence electrons. The summed E-state index contributed by atoms with van der Waals surface area (Å²) in [6, 6.07) is 0. The Morgan fingerprint density at radius 3 is 2.40 bits per heavy atom. The fourth-order valence-electron chi connectivity index (χ4n) is 9.14. The third-order valence-electron chi connectivity index (χ3n) is 10.9. The van der Waals surface area contributed by atoms with Crippen LogP contribution in [0.15, 0.2) is 0 Å². The second-order valence-electron chi connectivity index (χ2n) is 12.6. The van der Waals surface area contributed by atoms with Crippen molar-refractivity contribution < 1.29 is 79.4 Å². The van der Waals surface area contributed by atoms with Gasteiger partial charge in [-0.05, 0) is 104 Å². The van der Waals surface area contributed by atoms with Crippen molar-refractivity contribution in [3.63, 3.8) is 0 Å². The van der Waals surface area contributed by atoms with Gasteiger partial charge in [0, 0.05) is 13.0 Å². The molecule has 0 saturated heterocycles. The number of aliphatic hydroxyl groups excluding tert-OH is 2. The molecule has 0 bridgehead atoms. The SMILES string of the molecule is C[C@H](CCC(=O)NCCS(=O)(=O)[O-])[C@H]1CCC2C3C(CC[C@@]21C)[C@@]1(C)CC[C@@H](O)CC1C[C@@H]3O.[K+]. The summed E-state index contributed by atoms with van der Waals surface area (Å²) in [5.74, 6) is 1.92. The average molecular weight is 538 g/mol. The summed E-state index contributed by atoms with van der Waals surface area (Å²) in [6.45, 7) is 6.96. The van der Waals surface area contributed by atoms with E-state index in [9.17, 15) is 28.0 Å². The molecule has 4 saturated carbocycles. The number of nitrogens with one attached hydrogen (secondary N) is 1. The van der Waals surface area contributed by atoms with E-state index in [-0.39, 0.29) is 86.9 Å². The van der Waals surface area contributed by atoms with Gasteiger partial charge < -0.3 is 20.1 Å². The standard InChI is InChI=1S/C26H45NO6S.K/c1-16(4-7-23(30)27-12-13-34(31,32)33)19-5-6-20-24-21(9-11-26(19,20)3)25(2)10-8-18(28)14-17(25)15-22(24)29;/h16-22,24,28-29H,4-15H2,1-3H3,(H,27,30)(H,31,32,33);/q;+1/p-1/t16-,17?,18-,19-,20?,21?,22+,24?,25+,26-;/m1./s1. The molecular formula is C26H44KNO6S. The second kappa shape index (κ2) is 11.6. The predicted molar refractivity (Wildman–Crippen MR) is 129 cm³/mol. The molecule has 35 heavy (non-hydrogen) atoms. The number of hydrogen-bond donors (Lipinski definition) is 3. The van der Waals surface area contributed by atoms with Gasteiger partial charge in [0.05, 0.1) is 28.1 Å². The van der Waals surface area contributed by atoms with E-state index in [1.165, 1.54) is 6.42 Å². The maximum atomic E-state index is 12.2. The zero-order chi connectivity index (χ0) is 24.9. The Balaban J connectivity index is 0.00000342. The first kappa shape index (κ1) is 30.5. The van der Waals surface area contributed by atoms with Crippen molar-refractivity contribution in [2.24, 2.45) is 46.3 Å². The van der Waals surface area contributed by atoms with Gasteiger partial charge in [0.25, 0.3) is 0 Å². The molecule has 1 amide bonds. The van der Waals surface area contributed by atoms with Crippen LogP contribution in [0.25, 0.3) is 0 Å². The van der Waals surface area contributed by atoms with Crippen molar-refractivity contribution in [2.75, 3.05) is 12.3 Å². The van der Waals surface area contributed by atoms with Crippen molar-refractivity contribution >= 4 is 16.0 Å². The first-order valence-corrected chi connectivity index (χ1v) is 15.0. The molecule has 4 aliphatic carbocycles. The summed E-state index contributed by atoms with van der Waals surface area (Å²) in [6.07, 6.45) is 8.78. The maximum Gasteiger partial charge on any atom is 1.00 e. The van der Waals surface area contributed by atoms with E-state index in [0.29, 0.717) is 41.9 Å². The zero-order valence-corrected chi connectivity index (χ0v) is 26.0. The third-order valence-corrected chi connectivity index (χ3v) is 11.6. The van der Waals surface area contributed by atoms with Crippen LogP contribution in [0.1, 0.15) is 85.0 Å². The molecule has 0 spiro atoms. The smallest absolute Gasteiger partial charge is 0.748 e. The Bertz CT molecular complexity index is 870. The van der Waals surface area contributed by atoms with Crippen molar-refractivity contribution in [3.8, 4) is 0 Å². The van der Waals surface area contributed by atoms with Gasteiger partial charge in [-0.25, -0.2) is 8.42 Å². The molecule has 4 unspecified atom stereocenters. The monoisotopic (exact) mass is 537 g/mol. The maximum absolute atomic E-state index is 12.2. The van der Waals surface area contributed by atoms with Crippen LogP contribution in [0.4, 0.5) is 0 Å². The van der Waals surface area contributed by atoms with Gasteiger partial charge in [-0.1, -0.05) is 20.8 Å². The van der Waals surface area contributed by atoms with Gasteiger partial charge >= 0.3 is 51.4 Å². The number of hydrogen-bond acceptors (Lipinski definition) is 6. The van der Waals surface area contributed by atoms with E-state index in [4.69, 9.17) is 0 Å². The van der Waals surface area contributed by atoms with Gasteiger partial charge in [0.15, 0.2) is 0 Å². The molecule has 0 aliphatic heterocycles. The quantitative estimate of drug-likeness (QED) is 0.311. The average Bonchev–Trinajstić information content (AvgIpc) is 3.09. The van der Waals surface area contributed by atoms with E-state index in [2.05, 4.69) is 26.1 Å². The van der Waals surface area contributed by atoms with Crippen LogP contribution in [-0.4, -0.2) is 53.6 Å². The molecule has 9 heteroatoms. The van der Waals surface area contributed by atoms with E-state index >= 15 is 0 Å². The van der Waals surface area contributed by atoms with E-state index in [0.717, 1.165) is 51.4 Å². The largest absolute Gasteiger partial charge is 1.00 e. The topological polar surface area (TPSA) is 127 Å². The normalized spacial score (nSPS) is 43.8. The van der Waals surface area contributed by atoms with Crippen molar-refractivity contribution in [3.05, 3.63) is 0 Å². The Hall–Kier alpha value is 0.936. The Labute approximate surface area is 254 Å². The molecule has 3 N–H and O–H groups in total. The summed E-state index contributed by atoms with van der Waals surface area (Å²) >= 11 is 0. The fraction of sp³-hybridized carbons (Fsp3) is 0.962.